The molecule has 0 aliphatic carbocycles. The predicted octanol–water partition coefficient (Wildman–Crippen LogP) is 4.27. The van der Waals surface area contributed by atoms with Crippen LogP contribution in [0.4, 0.5) is 32.0 Å². The van der Waals surface area contributed by atoms with Gasteiger partial charge in [-0.3, -0.25) is 0 Å². The summed E-state index contributed by atoms with van der Waals surface area (Å²) >= 11 is 0. The number of nitrogens with zero attached hydrogens (tertiary/aromatic N) is 3. The van der Waals surface area contributed by atoms with Crippen LogP contribution in [0.25, 0.3) is 22.6 Å². The maximum absolute atomic E-state index is 10.6. The number of nitrogens with one attached hydrogen (secondary N) is 1. The van der Waals surface area contributed by atoms with Gasteiger partial charge in [-0.25, -0.2) is 19.6 Å². The average Bonchev–Trinajstić information content (AvgIpc) is 3.10. The highest BCUT2D eigenvalue weighted by atomic mass is 19.4. The van der Waals surface area contributed by atoms with Gasteiger partial charge in [0.1, 0.15) is 5.82 Å². The van der Waals surface area contributed by atoms with E-state index in [2.05, 4.69) is 50.2 Å². The van der Waals surface area contributed by atoms with E-state index >= 15 is 0 Å². The predicted molar refractivity (Wildman–Crippen MR) is 106 cm³/mol. The molecular formula is C19H18F6N4O4. The molecule has 0 aliphatic heterocycles. The number of halogens is 6. The van der Waals surface area contributed by atoms with Gasteiger partial charge in [0.2, 0.25) is 0 Å². The van der Waals surface area contributed by atoms with E-state index < -0.39 is 24.3 Å². The van der Waals surface area contributed by atoms with Crippen LogP contribution in [0, 0.1) is 6.92 Å². The Bertz CT molecular complexity index is 1070. The highest BCUT2D eigenvalue weighted by molar-refractivity contribution is 5.76. The Labute approximate surface area is 182 Å². The van der Waals surface area contributed by atoms with Gasteiger partial charge in [-0.05, 0) is 42.8 Å². The van der Waals surface area contributed by atoms with Crippen LogP contribution in [0.15, 0.2) is 36.5 Å². The van der Waals surface area contributed by atoms with E-state index in [9.17, 15) is 26.3 Å². The highest BCUT2D eigenvalue weighted by Crippen LogP contribution is 2.22. The number of hydrogen-bond acceptors (Lipinski definition) is 5. The molecular weight excluding hydrogens is 462 g/mol. The van der Waals surface area contributed by atoms with Gasteiger partial charge in [0.05, 0.1) is 5.52 Å². The van der Waals surface area contributed by atoms with Crippen LogP contribution in [0.5, 0.6) is 0 Å². The van der Waals surface area contributed by atoms with Gasteiger partial charge in [-0.1, -0.05) is 0 Å². The molecule has 3 rings (SSSR count). The Morgan fingerprint density at radius 3 is 1.79 bits per heavy atom. The van der Waals surface area contributed by atoms with Crippen molar-refractivity contribution in [1.29, 1.82) is 0 Å². The summed E-state index contributed by atoms with van der Waals surface area (Å²) in [5.41, 5.74) is 5.12. The molecule has 0 saturated carbocycles. The van der Waals surface area contributed by atoms with Gasteiger partial charge in [-0.2, -0.15) is 26.3 Å². The number of anilines is 1. The number of H-pyrrole nitrogens is 1. The topological polar surface area (TPSA) is 119 Å². The molecule has 0 radical (unpaired) electrons. The van der Waals surface area contributed by atoms with Crippen LogP contribution >= 0.6 is 0 Å². The number of carbonyl (C=O) groups is 2. The molecule has 0 atom stereocenters. The van der Waals surface area contributed by atoms with Crippen LogP contribution < -0.4 is 4.90 Å². The van der Waals surface area contributed by atoms with Crippen molar-refractivity contribution in [2.45, 2.75) is 19.3 Å². The monoisotopic (exact) mass is 480 g/mol. The summed E-state index contributed by atoms with van der Waals surface area (Å²) in [6.07, 6.45) is -8.33. The van der Waals surface area contributed by atoms with E-state index in [-0.39, 0.29) is 0 Å². The smallest absolute Gasteiger partial charge is 0.475 e. The number of aromatic amines is 1. The van der Waals surface area contributed by atoms with Crippen LogP contribution in [0.1, 0.15) is 5.56 Å². The number of alkyl halides is 6. The lowest BCUT2D eigenvalue weighted by Gasteiger charge is -2.11. The molecule has 14 heteroatoms. The molecule has 0 fully saturated rings. The van der Waals surface area contributed by atoms with Gasteiger partial charge >= 0.3 is 24.3 Å². The zero-order valence-electron chi connectivity index (χ0n) is 17.3. The standard InChI is InChI=1S/C15H16N4.2C2HF3O2/c1-10-8-13-15(16-9-10)18-14(17-13)11-4-6-12(7-5-11)19(2)3;2*3-2(4,5)1(6)7/h4-9H,1-3H3,(H,16,17,18);2*(H,6,7). The minimum atomic E-state index is -5.08. The van der Waals surface area contributed by atoms with Crippen molar-refractivity contribution in [2.75, 3.05) is 19.0 Å². The van der Waals surface area contributed by atoms with Crippen LogP contribution in [-0.4, -0.2) is 63.6 Å². The maximum Gasteiger partial charge on any atom is 0.490 e. The molecule has 0 amide bonds. The van der Waals surface area contributed by atoms with Gasteiger partial charge in [0.15, 0.2) is 5.65 Å². The van der Waals surface area contributed by atoms with Crippen molar-refractivity contribution in [3.05, 3.63) is 42.1 Å². The molecule has 2 heterocycles. The van der Waals surface area contributed by atoms with E-state index in [0.29, 0.717) is 0 Å². The number of carboxylic acid groups (broad SMARTS) is 2. The molecule has 2 aromatic heterocycles. The number of rotatable bonds is 2. The van der Waals surface area contributed by atoms with E-state index in [1.807, 2.05) is 27.2 Å². The summed E-state index contributed by atoms with van der Waals surface area (Å²) in [6.45, 7) is 2.03. The van der Waals surface area contributed by atoms with Crippen molar-refractivity contribution in [1.82, 2.24) is 15.0 Å². The third kappa shape index (κ3) is 8.66. The number of carboxylic acids is 2. The number of fused-ring (bicyclic) bond motifs is 1. The molecule has 180 valence electrons. The van der Waals surface area contributed by atoms with Crippen molar-refractivity contribution in [3.63, 3.8) is 0 Å². The Hall–Kier alpha value is -3.84. The number of imidazole rings is 1. The van der Waals surface area contributed by atoms with Gasteiger partial charge in [-0.15, -0.1) is 0 Å². The van der Waals surface area contributed by atoms with Crippen molar-refractivity contribution >= 4 is 28.8 Å². The zero-order valence-corrected chi connectivity index (χ0v) is 17.3. The number of pyridine rings is 1. The Morgan fingerprint density at radius 2 is 1.39 bits per heavy atom. The van der Waals surface area contributed by atoms with Crippen molar-refractivity contribution in [3.8, 4) is 11.4 Å². The molecule has 0 spiro atoms. The molecule has 0 saturated heterocycles. The average molecular weight is 480 g/mol. The van der Waals surface area contributed by atoms with Gasteiger partial charge in [0, 0.05) is 31.5 Å². The lowest BCUT2D eigenvalue weighted by molar-refractivity contribution is -0.193. The molecule has 3 aromatic rings. The van der Waals surface area contributed by atoms with Gasteiger partial charge in [0.25, 0.3) is 0 Å². The first-order valence-corrected chi connectivity index (χ1v) is 8.72. The first-order chi connectivity index (χ1) is 15.0. The second kappa shape index (κ2) is 10.7. The number of aryl methyl sites for hydroxylation is 1. The number of hydrogen-bond donors (Lipinski definition) is 3. The van der Waals surface area contributed by atoms with Crippen LogP contribution in [0.3, 0.4) is 0 Å². The van der Waals surface area contributed by atoms with E-state index in [0.717, 1.165) is 28.1 Å². The maximum atomic E-state index is 10.6. The molecule has 33 heavy (non-hydrogen) atoms. The fourth-order valence-electron chi connectivity index (χ4n) is 2.06. The summed E-state index contributed by atoms with van der Waals surface area (Å²) in [5.74, 6) is -4.65. The van der Waals surface area contributed by atoms with Gasteiger partial charge < -0.3 is 20.1 Å². The summed E-state index contributed by atoms with van der Waals surface area (Å²) < 4.78 is 63.5. The Kier molecular flexibility index (Phi) is 8.78. The second-order valence-electron chi connectivity index (χ2n) is 6.52. The quantitative estimate of drug-likeness (QED) is 0.469. The lowest BCUT2D eigenvalue weighted by Crippen LogP contribution is -2.21. The first kappa shape index (κ1) is 27.2. The number of aliphatic carboxylic acids is 2. The summed E-state index contributed by atoms with van der Waals surface area (Å²) in [4.78, 5) is 32.0. The SMILES string of the molecule is Cc1cnc2nc(-c3ccc(N(C)C)cc3)[nH]c2c1.O=C(O)C(F)(F)F.O=C(O)C(F)(F)F. The van der Waals surface area contributed by atoms with E-state index in [1.165, 1.54) is 5.69 Å². The van der Waals surface area contributed by atoms with Crippen molar-refractivity contribution in [2.24, 2.45) is 0 Å². The largest absolute Gasteiger partial charge is 0.490 e. The van der Waals surface area contributed by atoms with E-state index in [4.69, 9.17) is 19.8 Å². The zero-order chi connectivity index (χ0) is 25.6. The summed E-state index contributed by atoms with van der Waals surface area (Å²) in [6, 6.07) is 10.4. The van der Waals surface area contributed by atoms with Crippen LogP contribution in [-0.2, 0) is 9.59 Å². The minimum absolute atomic E-state index is 0.761. The Balaban J connectivity index is 0.000000324. The van der Waals surface area contributed by atoms with Crippen LogP contribution in [0.2, 0.25) is 0 Å². The third-order valence-corrected chi connectivity index (χ3v) is 3.62. The Morgan fingerprint density at radius 1 is 0.939 bits per heavy atom. The number of aromatic nitrogens is 3. The number of benzene rings is 1. The second-order valence-corrected chi connectivity index (χ2v) is 6.52. The third-order valence-electron chi connectivity index (χ3n) is 3.62. The fourth-order valence-corrected chi connectivity index (χ4v) is 2.06. The molecule has 0 bridgehead atoms. The molecule has 8 nitrogen and oxygen atoms in total. The molecule has 3 N–H and O–H groups in total. The first-order valence-electron chi connectivity index (χ1n) is 8.72. The van der Waals surface area contributed by atoms with Crippen molar-refractivity contribution < 1.29 is 46.1 Å². The highest BCUT2D eigenvalue weighted by Gasteiger charge is 2.38. The normalized spacial score (nSPS) is 11.1. The van der Waals surface area contributed by atoms with E-state index in [1.54, 1.807) is 0 Å². The molecule has 0 unspecified atom stereocenters. The molecule has 0 aliphatic rings. The lowest BCUT2D eigenvalue weighted by atomic mass is 10.2. The minimum Gasteiger partial charge on any atom is -0.475 e. The summed E-state index contributed by atoms with van der Waals surface area (Å²) in [7, 11) is 4.06. The summed E-state index contributed by atoms with van der Waals surface area (Å²) in [5, 5.41) is 14.2. The fraction of sp³-hybridized carbons (Fsp3) is 0.263. The molecule has 1 aromatic carbocycles.